The summed E-state index contributed by atoms with van der Waals surface area (Å²) in [7, 11) is 0. The minimum absolute atomic E-state index is 0.0499. The lowest BCUT2D eigenvalue weighted by Crippen LogP contribution is -3.11. The van der Waals surface area contributed by atoms with Gasteiger partial charge in [-0.3, -0.25) is 4.79 Å². The van der Waals surface area contributed by atoms with Gasteiger partial charge in [0.25, 0.3) is 5.91 Å². The van der Waals surface area contributed by atoms with Crippen LogP contribution in [0.2, 0.25) is 0 Å². The number of anilines is 1. The first-order valence-electron chi connectivity index (χ1n) is 6.78. The van der Waals surface area contributed by atoms with E-state index in [2.05, 4.69) is 29.5 Å². The van der Waals surface area contributed by atoms with Crippen LogP contribution in [0.1, 0.15) is 18.2 Å². The third-order valence-electron chi connectivity index (χ3n) is 3.10. The zero-order valence-electron chi connectivity index (χ0n) is 11.8. The summed E-state index contributed by atoms with van der Waals surface area (Å²) >= 11 is 0. The smallest absolute Gasteiger partial charge is 0.280 e. The normalized spacial score (nSPS) is 12.1. The van der Waals surface area contributed by atoms with Gasteiger partial charge in [-0.25, -0.2) is 0 Å². The highest BCUT2D eigenvalue weighted by Gasteiger charge is 2.14. The first kappa shape index (κ1) is 14.3. The van der Waals surface area contributed by atoms with E-state index in [1.807, 2.05) is 18.2 Å². The third-order valence-corrected chi connectivity index (χ3v) is 3.10. The first-order chi connectivity index (χ1) is 9.67. The molecule has 0 aliphatic rings. The molecule has 1 amide bonds. The maximum Gasteiger partial charge on any atom is 0.280 e. The zero-order valence-corrected chi connectivity index (χ0v) is 11.8. The number of hydrogen-bond donors (Lipinski definition) is 2. The van der Waals surface area contributed by atoms with Crippen molar-refractivity contribution in [2.45, 2.75) is 20.4 Å². The SMILES string of the molecule is CC[NH+](CC(=O)Nc1cc(C)on1)Cc1ccccc1. The number of aromatic nitrogens is 1. The number of nitrogens with zero attached hydrogens (tertiary/aromatic N) is 1. The number of amides is 1. The second-order valence-electron chi connectivity index (χ2n) is 4.81. The molecule has 20 heavy (non-hydrogen) atoms. The van der Waals surface area contributed by atoms with E-state index in [-0.39, 0.29) is 5.91 Å². The van der Waals surface area contributed by atoms with Crippen molar-refractivity contribution < 1.29 is 14.2 Å². The fraction of sp³-hybridized carbons (Fsp3) is 0.333. The molecule has 0 fully saturated rings. The Morgan fingerprint density at radius 1 is 1.35 bits per heavy atom. The summed E-state index contributed by atoms with van der Waals surface area (Å²) < 4.78 is 4.92. The Bertz CT molecular complexity index is 551. The third kappa shape index (κ3) is 4.20. The number of nitrogens with one attached hydrogen (secondary N) is 2. The lowest BCUT2D eigenvalue weighted by Gasteiger charge is -2.16. The predicted octanol–water partition coefficient (Wildman–Crippen LogP) is 1.03. The maximum absolute atomic E-state index is 12.0. The lowest BCUT2D eigenvalue weighted by molar-refractivity contribution is -0.903. The van der Waals surface area contributed by atoms with Gasteiger partial charge in [0, 0.05) is 11.6 Å². The van der Waals surface area contributed by atoms with Crippen LogP contribution in [-0.2, 0) is 11.3 Å². The van der Waals surface area contributed by atoms with Crippen LogP contribution in [0.15, 0.2) is 40.9 Å². The van der Waals surface area contributed by atoms with Gasteiger partial charge in [0.1, 0.15) is 12.3 Å². The van der Waals surface area contributed by atoms with Crippen molar-refractivity contribution in [3.8, 4) is 0 Å². The fourth-order valence-electron chi connectivity index (χ4n) is 2.04. The Labute approximate surface area is 118 Å². The quantitative estimate of drug-likeness (QED) is 0.827. The van der Waals surface area contributed by atoms with Gasteiger partial charge < -0.3 is 14.7 Å². The molecule has 5 nitrogen and oxygen atoms in total. The van der Waals surface area contributed by atoms with Crippen molar-refractivity contribution >= 4 is 11.7 Å². The van der Waals surface area contributed by atoms with Crippen molar-refractivity contribution in [2.75, 3.05) is 18.4 Å². The van der Waals surface area contributed by atoms with Crippen LogP contribution < -0.4 is 10.2 Å². The molecule has 0 spiro atoms. The molecule has 2 aromatic rings. The van der Waals surface area contributed by atoms with E-state index >= 15 is 0 Å². The number of likely N-dealkylation sites (N-methyl/N-ethyl adjacent to an activating group) is 1. The summed E-state index contributed by atoms with van der Waals surface area (Å²) in [6, 6.07) is 11.9. The molecular weight excluding hydrogens is 254 g/mol. The second kappa shape index (κ2) is 6.86. The molecule has 0 saturated carbocycles. The minimum Gasteiger partial charge on any atom is -0.360 e. The number of benzene rings is 1. The molecule has 1 heterocycles. The highest BCUT2D eigenvalue weighted by atomic mass is 16.5. The summed E-state index contributed by atoms with van der Waals surface area (Å²) in [5, 5.41) is 6.51. The van der Waals surface area contributed by atoms with E-state index in [0.29, 0.717) is 18.1 Å². The average Bonchev–Trinajstić information content (AvgIpc) is 2.84. The highest BCUT2D eigenvalue weighted by Crippen LogP contribution is 2.06. The molecule has 2 rings (SSSR count). The molecule has 5 heteroatoms. The monoisotopic (exact) mass is 274 g/mol. The molecular formula is C15H20N3O2+. The Morgan fingerprint density at radius 2 is 2.10 bits per heavy atom. The molecule has 1 aromatic heterocycles. The van der Waals surface area contributed by atoms with Gasteiger partial charge in [-0.2, -0.15) is 0 Å². The van der Waals surface area contributed by atoms with Gasteiger partial charge in [-0.05, 0) is 13.8 Å². The van der Waals surface area contributed by atoms with E-state index in [9.17, 15) is 4.79 Å². The van der Waals surface area contributed by atoms with Crippen LogP contribution in [0.3, 0.4) is 0 Å². The van der Waals surface area contributed by atoms with Gasteiger partial charge in [-0.15, -0.1) is 0 Å². The van der Waals surface area contributed by atoms with Gasteiger partial charge in [0.05, 0.1) is 6.54 Å². The molecule has 1 unspecified atom stereocenters. The molecule has 1 aromatic carbocycles. The Kier molecular flexibility index (Phi) is 4.90. The molecule has 2 N–H and O–H groups in total. The minimum atomic E-state index is -0.0499. The van der Waals surface area contributed by atoms with Crippen LogP contribution in [-0.4, -0.2) is 24.2 Å². The molecule has 106 valence electrons. The van der Waals surface area contributed by atoms with Crippen molar-refractivity contribution in [2.24, 2.45) is 0 Å². The Balaban J connectivity index is 1.88. The van der Waals surface area contributed by atoms with Crippen LogP contribution in [0.5, 0.6) is 0 Å². The summed E-state index contributed by atoms with van der Waals surface area (Å²) in [4.78, 5) is 13.2. The van der Waals surface area contributed by atoms with Crippen molar-refractivity contribution in [1.29, 1.82) is 0 Å². The number of rotatable bonds is 6. The molecule has 0 aliphatic carbocycles. The standard InChI is InChI=1S/C15H19N3O2/c1-3-18(10-13-7-5-4-6-8-13)11-15(19)16-14-9-12(2)20-17-14/h4-9H,3,10-11H2,1-2H3,(H,16,17,19)/p+1. The molecule has 0 aliphatic heterocycles. The van der Waals surface area contributed by atoms with Crippen LogP contribution in [0.25, 0.3) is 0 Å². The number of carbonyl (C=O) groups is 1. The largest absolute Gasteiger partial charge is 0.360 e. The Hall–Kier alpha value is -2.14. The van der Waals surface area contributed by atoms with E-state index < -0.39 is 0 Å². The zero-order chi connectivity index (χ0) is 14.4. The van der Waals surface area contributed by atoms with Gasteiger partial charge >= 0.3 is 0 Å². The molecule has 0 bridgehead atoms. The Morgan fingerprint density at radius 3 is 2.70 bits per heavy atom. The average molecular weight is 274 g/mol. The van der Waals surface area contributed by atoms with Crippen LogP contribution in [0.4, 0.5) is 5.82 Å². The summed E-state index contributed by atoms with van der Waals surface area (Å²) in [5.41, 5.74) is 1.23. The van der Waals surface area contributed by atoms with Crippen LogP contribution >= 0.6 is 0 Å². The number of quaternary nitrogens is 1. The summed E-state index contributed by atoms with van der Waals surface area (Å²) in [5.74, 6) is 1.11. The van der Waals surface area contributed by atoms with Crippen molar-refractivity contribution in [3.05, 3.63) is 47.7 Å². The second-order valence-corrected chi connectivity index (χ2v) is 4.81. The summed E-state index contributed by atoms with van der Waals surface area (Å²) in [6.07, 6.45) is 0. The molecule has 0 saturated heterocycles. The molecule has 1 atom stereocenters. The number of carbonyl (C=O) groups excluding carboxylic acids is 1. The van der Waals surface area contributed by atoms with Crippen molar-refractivity contribution in [3.63, 3.8) is 0 Å². The van der Waals surface area contributed by atoms with E-state index in [4.69, 9.17) is 4.52 Å². The number of aryl methyl sites for hydroxylation is 1. The maximum atomic E-state index is 12.0. The van der Waals surface area contributed by atoms with E-state index in [1.54, 1.807) is 13.0 Å². The van der Waals surface area contributed by atoms with Gasteiger partial charge in [0.2, 0.25) is 0 Å². The topological polar surface area (TPSA) is 59.6 Å². The summed E-state index contributed by atoms with van der Waals surface area (Å²) in [6.45, 7) is 6.01. The van der Waals surface area contributed by atoms with Gasteiger partial charge in [0.15, 0.2) is 12.4 Å². The van der Waals surface area contributed by atoms with E-state index in [0.717, 1.165) is 13.1 Å². The first-order valence-corrected chi connectivity index (χ1v) is 6.78. The van der Waals surface area contributed by atoms with Crippen molar-refractivity contribution in [1.82, 2.24) is 5.16 Å². The highest BCUT2D eigenvalue weighted by molar-refractivity contribution is 5.90. The fourth-order valence-corrected chi connectivity index (χ4v) is 2.04. The van der Waals surface area contributed by atoms with Crippen LogP contribution in [0, 0.1) is 6.92 Å². The lowest BCUT2D eigenvalue weighted by atomic mass is 10.2. The van der Waals surface area contributed by atoms with Gasteiger partial charge in [-0.1, -0.05) is 35.5 Å². The van der Waals surface area contributed by atoms with E-state index in [1.165, 1.54) is 10.5 Å². The number of hydrogen-bond acceptors (Lipinski definition) is 3. The molecule has 0 radical (unpaired) electrons. The predicted molar refractivity (Wildman–Crippen MR) is 76.4 cm³/mol.